The van der Waals surface area contributed by atoms with Crippen LogP contribution in [0.1, 0.15) is 18.4 Å². The third-order valence-electron chi connectivity index (χ3n) is 9.14. The van der Waals surface area contributed by atoms with Gasteiger partial charge in [0.25, 0.3) is 11.8 Å². The summed E-state index contributed by atoms with van der Waals surface area (Å²) in [5, 5.41) is 10.4. The van der Waals surface area contributed by atoms with Crippen LogP contribution in [-0.2, 0) is 19.2 Å². The zero-order valence-electron chi connectivity index (χ0n) is 23.4. The van der Waals surface area contributed by atoms with E-state index in [4.69, 9.17) is 32.7 Å². The number of anilines is 1. The smallest absolute Gasteiger partial charge is 0.254 e. The molecule has 2 saturated heterocycles. The van der Waals surface area contributed by atoms with Crippen molar-refractivity contribution < 1.29 is 33.8 Å². The first kappa shape index (κ1) is 31.1. The van der Waals surface area contributed by atoms with Gasteiger partial charge in [-0.2, -0.15) is 0 Å². The molecule has 4 amide bonds. The van der Waals surface area contributed by atoms with Gasteiger partial charge in [0.2, 0.25) is 17.6 Å². The van der Waals surface area contributed by atoms with Crippen LogP contribution >= 0.6 is 55.1 Å². The zero-order valence-corrected chi connectivity index (χ0v) is 28.1. The third kappa shape index (κ3) is 4.29. The minimum Gasteiger partial charge on any atom is -0.502 e. The number of nitrogens with zero attached hydrogens (tertiary/aromatic N) is 2. The summed E-state index contributed by atoms with van der Waals surface area (Å²) in [6.45, 7) is 0. The molecule has 2 aliphatic carbocycles. The number of carbonyl (C=O) groups is 4. The number of alkyl halides is 3. The molecule has 0 spiro atoms. The van der Waals surface area contributed by atoms with Gasteiger partial charge in [-0.05, 0) is 60.7 Å². The summed E-state index contributed by atoms with van der Waals surface area (Å²) in [7, 11) is 2.81. The average Bonchev–Trinajstić information content (AvgIpc) is 3.35. The largest absolute Gasteiger partial charge is 0.502 e. The number of hydrogen-bond donors (Lipinski definition) is 1. The van der Waals surface area contributed by atoms with Gasteiger partial charge in [0.05, 0.1) is 37.2 Å². The van der Waals surface area contributed by atoms with Crippen LogP contribution in [0.15, 0.2) is 58.6 Å². The van der Waals surface area contributed by atoms with E-state index in [1.807, 2.05) is 6.08 Å². The third-order valence-corrected chi connectivity index (χ3v) is 11.6. The fourth-order valence-corrected chi connectivity index (χ4v) is 8.71. The summed E-state index contributed by atoms with van der Waals surface area (Å²) in [5.41, 5.74) is 1.56. The zero-order chi connectivity index (χ0) is 31.7. The molecule has 3 fully saturated rings. The lowest BCUT2D eigenvalue weighted by atomic mass is 9.57. The van der Waals surface area contributed by atoms with E-state index in [0.29, 0.717) is 16.8 Å². The number of amides is 4. The number of aromatic hydroxyl groups is 1. The van der Waals surface area contributed by atoms with Crippen molar-refractivity contribution in [3.63, 3.8) is 0 Å². The molecule has 0 aromatic heterocycles. The second-order valence-corrected chi connectivity index (χ2v) is 13.8. The van der Waals surface area contributed by atoms with Gasteiger partial charge in [-0.15, -0.1) is 23.2 Å². The number of fused-ring (bicyclic) bond motifs is 4. The molecular weight excluding hydrogens is 743 g/mol. The molecule has 44 heavy (non-hydrogen) atoms. The summed E-state index contributed by atoms with van der Waals surface area (Å²) >= 11 is 21.0. The van der Waals surface area contributed by atoms with Gasteiger partial charge in [0.15, 0.2) is 21.2 Å². The normalized spacial score (nSPS) is 31.3. The summed E-state index contributed by atoms with van der Waals surface area (Å²) in [6.07, 6.45) is 5.38. The predicted octanol–water partition coefficient (Wildman–Crippen LogP) is 5.63. The number of benzene rings is 2. The minimum atomic E-state index is -1.91. The second-order valence-electron chi connectivity index (χ2n) is 11.2. The number of phenolic OH excluding ortho intramolecular Hbond substituents is 1. The molecular formula is C31H26Br2Cl2N2O7. The molecule has 13 heteroatoms. The Bertz CT molecular complexity index is 1640. The molecule has 1 N–H and O–H groups in total. The summed E-state index contributed by atoms with van der Waals surface area (Å²) in [6, 6.07) is 10.1. The van der Waals surface area contributed by atoms with E-state index >= 15 is 0 Å². The first-order valence-corrected chi connectivity index (χ1v) is 16.4. The Kier molecular flexibility index (Phi) is 7.92. The van der Waals surface area contributed by atoms with Crippen molar-refractivity contribution in [1.82, 2.24) is 4.90 Å². The number of phenols is 1. The SMILES string of the molecule is COc1cc(C=CC2C3=CCC4C(=O)N(c5ccc(Br)cc5)C(=O)C4C3CC3(Cl)C(=O)N(CBr)C(=O)C23Cl)cc(OC)c1O. The number of imide groups is 2. The maximum Gasteiger partial charge on any atom is 0.254 e. The lowest BCUT2D eigenvalue weighted by molar-refractivity contribution is -0.138. The monoisotopic (exact) mass is 766 g/mol. The van der Waals surface area contributed by atoms with Gasteiger partial charge >= 0.3 is 0 Å². The molecule has 0 radical (unpaired) electrons. The van der Waals surface area contributed by atoms with Crippen LogP contribution in [0, 0.1) is 23.7 Å². The quantitative estimate of drug-likeness (QED) is 0.176. The molecule has 0 bridgehead atoms. The minimum absolute atomic E-state index is 0.0997. The Morgan fingerprint density at radius 1 is 1.00 bits per heavy atom. The Balaban J connectivity index is 1.47. The maximum atomic E-state index is 14.0. The maximum absolute atomic E-state index is 14.0. The van der Waals surface area contributed by atoms with E-state index in [0.717, 1.165) is 9.37 Å². The highest BCUT2D eigenvalue weighted by Gasteiger charge is 2.75. The molecule has 4 aliphatic rings. The number of hydrogen-bond acceptors (Lipinski definition) is 7. The number of carbonyl (C=O) groups excluding carboxylic acids is 4. The molecule has 6 rings (SSSR count). The van der Waals surface area contributed by atoms with Gasteiger partial charge in [-0.3, -0.25) is 29.0 Å². The molecule has 2 aromatic carbocycles. The molecule has 6 unspecified atom stereocenters. The van der Waals surface area contributed by atoms with Crippen molar-refractivity contribution in [3.05, 3.63) is 64.2 Å². The van der Waals surface area contributed by atoms with Crippen LogP contribution in [0.25, 0.3) is 6.08 Å². The van der Waals surface area contributed by atoms with E-state index in [9.17, 15) is 24.3 Å². The van der Waals surface area contributed by atoms with E-state index < -0.39 is 45.2 Å². The Morgan fingerprint density at radius 2 is 1.64 bits per heavy atom. The molecule has 2 aliphatic heterocycles. The molecule has 2 aromatic rings. The lowest BCUT2D eigenvalue weighted by Crippen LogP contribution is -2.60. The number of methoxy groups -OCH3 is 2. The van der Waals surface area contributed by atoms with Crippen molar-refractivity contribution in [1.29, 1.82) is 0 Å². The van der Waals surface area contributed by atoms with Crippen molar-refractivity contribution in [3.8, 4) is 17.2 Å². The van der Waals surface area contributed by atoms with Crippen molar-refractivity contribution in [2.24, 2.45) is 23.7 Å². The van der Waals surface area contributed by atoms with Crippen LogP contribution in [0.3, 0.4) is 0 Å². The molecule has 2 heterocycles. The highest BCUT2D eigenvalue weighted by molar-refractivity contribution is 9.10. The van der Waals surface area contributed by atoms with Gasteiger partial charge in [-0.25, -0.2) is 0 Å². The van der Waals surface area contributed by atoms with Gasteiger partial charge in [0, 0.05) is 10.4 Å². The van der Waals surface area contributed by atoms with E-state index in [2.05, 4.69) is 31.9 Å². The molecule has 230 valence electrons. The summed E-state index contributed by atoms with van der Waals surface area (Å²) in [4.78, 5) is 53.7. The van der Waals surface area contributed by atoms with E-state index in [-0.39, 0.29) is 47.4 Å². The van der Waals surface area contributed by atoms with E-state index in [1.165, 1.54) is 19.1 Å². The van der Waals surface area contributed by atoms with Crippen LogP contribution < -0.4 is 14.4 Å². The lowest BCUT2D eigenvalue weighted by Gasteiger charge is -2.49. The fourth-order valence-electron chi connectivity index (χ4n) is 7.06. The molecule has 1 saturated carbocycles. The summed E-state index contributed by atoms with van der Waals surface area (Å²) in [5.74, 6) is -4.88. The van der Waals surface area contributed by atoms with Crippen LogP contribution in [0.2, 0.25) is 0 Å². The van der Waals surface area contributed by atoms with Gasteiger partial charge < -0.3 is 14.6 Å². The number of halogens is 4. The van der Waals surface area contributed by atoms with Crippen LogP contribution in [-0.4, -0.2) is 63.1 Å². The van der Waals surface area contributed by atoms with E-state index in [1.54, 1.807) is 48.6 Å². The Labute approximate surface area is 280 Å². The van der Waals surface area contributed by atoms with Crippen molar-refractivity contribution in [2.45, 2.75) is 22.6 Å². The van der Waals surface area contributed by atoms with Gasteiger partial charge in [0.1, 0.15) is 0 Å². The number of rotatable bonds is 6. The molecule has 9 nitrogen and oxygen atoms in total. The Hall–Kier alpha value is -2.86. The summed E-state index contributed by atoms with van der Waals surface area (Å²) < 4.78 is 11.4. The number of likely N-dealkylation sites (tertiary alicyclic amines) is 1. The molecule has 6 atom stereocenters. The highest BCUT2D eigenvalue weighted by Crippen LogP contribution is 2.63. The van der Waals surface area contributed by atoms with Crippen molar-refractivity contribution in [2.75, 3.05) is 24.6 Å². The van der Waals surface area contributed by atoms with Crippen molar-refractivity contribution >= 4 is 90.5 Å². The fraction of sp³-hybridized carbons (Fsp3) is 0.355. The number of allylic oxidation sites excluding steroid dienone is 3. The average molecular weight is 769 g/mol. The topological polar surface area (TPSA) is 113 Å². The predicted molar refractivity (Wildman–Crippen MR) is 171 cm³/mol. The first-order valence-electron chi connectivity index (χ1n) is 13.7. The number of ether oxygens (including phenoxy) is 2. The highest BCUT2D eigenvalue weighted by atomic mass is 79.9. The standard InChI is InChI=1S/C31H26Br2Cl2N2O7/c1-43-22-11-15(12-23(44-2)25(22)38)3-10-21-18-8-9-19-24(27(40)37(26(19)39)17-6-4-16(33)5-7-17)20(18)13-30(34)28(41)36(14-32)29(42)31(21,30)35/h3-8,10-12,19-21,24,38H,9,13-14H2,1-2H3. The Morgan fingerprint density at radius 3 is 2.23 bits per heavy atom. The second kappa shape index (κ2) is 11.2. The van der Waals surface area contributed by atoms with Crippen LogP contribution in [0.5, 0.6) is 17.2 Å². The van der Waals surface area contributed by atoms with Crippen LogP contribution in [0.4, 0.5) is 5.69 Å². The first-order chi connectivity index (χ1) is 20.9. The van der Waals surface area contributed by atoms with Gasteiger partial charge in [-0.1, -0.05) is 55.7 Å².